The largest absolute Gasteiger partial charge is 0.416 e. The van der Waals surface area contributed by atoms with Crippen molar-refractivity contribution < 1.29 is 13.2 Å². The number of hydrogen-bond acceptors (Lipinski definition) is 3. The number of aliphatic imine (C=N–C) groups is 1. The zero-order chi connectivity index (χ0) is 20.8. The second-order valence-electron chi connectivity index (χ2n) is 7.46. The van der Waals surface area contributed by atoms with Gasteiger partial charge in [-0.2, -0.15) is 13.2 Å². The van der Waals surface area contributed by atoms with Gasteiger partial charge in [0, 0.05) is 25.0 Å². The molecule has 0 bridgehead atoms. The Hall–Kier alpha value is -2.58. The Labute approximate surface area is 163 Å². The molecule has 0 atom stereocenters. The summed E-state index contributed by atoms with van der Waals surface area (Å²) in [5.74, 6) is 1.43. The lowest BCUT2D eigenvalue weighted by atomic mass is 10.1. The van der Waals surface area contributed by atoms with Gasteiger partial charge in [0.25, 0.3) is 0 Å². The average molecular weight is 396 g/mol. The maximum Gasteiger partial charge on any atom is 0.416 e. The van der Waals surface area contributed by atoms with Crippen LogP contribution in [0, 0.1) is 0 Å². The molecule has 0 aliphatic rings. The molecule has 154 valence electrons. The highest BCUT2D eigenvalue weighted by molar-refractivity contribution is 5.80. The first-order valence-corrected chi connectivity index (χ1v) is 9.18. The zero-order valence-electron chi connectivity index (χ0n) is 16.6. The van der Waals surface area contributed by atoms with Gasteiger partial charge in [0.05, 0.1) is 12.1 Å². The lowest BCUT2D eigenvalue weighted by Crippen LogP contribution is -2.48. The van der Waals surface area contributed by atoms with E-state index < -0.39 is 11.7 Å². The Bertz CT molecular complexity index is 789. The Balaban J connectivity index is 2.05. The van der Waals surface area contributed by atoms with E-state index in [2.05, 4.69) is 25.8 Å². The summed E-state index contributed by atoms with van der Waals surface area (Å²) in [5, 5.41) is 14.4. The SMILES string of the molecule is CCc1nncn1CCNC(=NCc1cccc(C(F)(F)F)c1)NC(C)(C)C. The van der Waals surface area contributed by atoms with Crippen LogP contribution in [0.2, 0.25) is 0 Å². The van der Waals surface area contributed by atoms with Gasteiger partial charge in [0.1, 0.15) is 12.2 Å². The highest BCUT2D eigenvalue weighted by atomic mass is 19.4. The lowest BCUT2D eigenvalue weighted by Gasteiger charge is -2.24. The molecule has 0 fully saturated rings. The highest BCUT2D eigenvalue weighted by Crippen LogP contribution is 2.29. The van der Waals surface area contributed by atoms with E-state index in [0.29, 0.717) is 24.6 Å². The van der Waals surface area contributed by atoms with Crippen LogP contribution in [0.15, 0.2) is 35.6 Å². The molecule has 1 heterocycles. The predicted octanol–water partition coefficient (Wildman–Crippen LogP) is 3.39. The Kier molecular flexibility index (Phi) is 7.04. The summed E-state index contributed by atoms with van der Waals surface area (Å²) in [5.41, 5.74) is -0.416. The fourth-order valence-electron chi connectivity index (χ4n) is 2.55. The monoisotopic (exact) mass is 396 g/mol. The number of benzene rings is 1. The van der Waals surface area contributed by atoms with Crippen molar-refractivity contribution in [1.29, 1.82) is 0 Å². The maximum absolute atomic E-state index is 12.9. The predicted molar refractivity (Wildman–Crippen MR) is 103 cm³/mol. The van der Waals surface area contributed by atoms with Crippen molar-refractivity contribution in [3.63, 3.8) is 0 Å². The molecule has 2 N–H and O–H groups in total. The van der Waals surface area contributed by atoms with E-state index in [4.69, 9.17) is 0 Å². The quantitative estimate of drug-likeness (QED) is 0.580. The van der Waals surface area contributed by atoms with Crippen LogP contribution in [-0.4, -0.2) is 32.8 Å². The van der Waals surface area contributed by atoms with Gasteiger partial charge in [0.15, 0.2) is 5.96 Å². The number of aromatic nitrogens is 3. The van der Waals surface area contributed by atoms with Crippen LogP contribution in [0.1, 0.15) is 44.6 Å². The van der Waals surface area contributed by atoms with Gasteiger partial charge in [0.2, 0.25) is 0 Å². The van der Waals surface area contributed by atoms with Gasteiger partial charge in [-0.3, -0.25) is 0 Å². The van der Waals surface area contributed by atoms with Crippen molar-refractivity contribution in [2.24, 2.45) is 4.99 Å². The maximum atomic E-state index is 12.9. The molecule has 0 aliphatic heterocycles. The first kappa shape index (κ1) is 21.7. The molecule has 2 aromatic rings. The molecule has 6 nitrogen and oxygen atoms in total. The second kappa shape index (κ2) is 9.07. The first-order valence-electron chi connectivity index (χ1n) is 9.18. The van der Waals surface area contributed by atoms with Crippen molar-refractivity contribution in [3.8, 4) is 0 Å². The molecule has 1 aromatic carbocycles. The van der Waals surface area contributed by atoms with Crippen molar-refractivity contribution in [2.75, 3.05) is 6.54 Å². The Morgan fingerprint density at radius 2 is 1.96 bits per heavy atom. The van der Waals surface area contributed by atoms with Crippen molar-refractivity contribution in [2.45, 2.75) is 58.9 Å². The Morgan fingerprint density at radius 3 is 2.61 bits per heavy atom. The summed E-state index contributed by atoms with van der Waals surface area (Å²) in [4.78, 5) is 4.45. The van der Waals surface area contributed by atoms with Crippen LogP contribution in [0.4, 0.5) is 13.2 Å². The standard InChI is InChI=1S/C19H27F3N6/c1-5-16-27-25-13-28(16)10-9-23-17(26-18(2,3)4)24-12-14-7-6-8-15(11-14)19(20,21)22/h6-8,11,13H,5,9-10,12H2,1-4H3,(H2,23,24,26). The molecule has 9 heteroatoms. The number of alkyl halides is 3. The molecule has 0 spiro atoms. The van der Waals surface area contributed by atoms with Gasteiger partial charge in [-0.1, -0.05) is 19.1 Å². The summed E-state index contributed by atoms with van der Waals surface area (Å²) >= 11 is 0. The summed E-state index contributed by atoms with van der Waals surface area (Å²) in [6.45, 7) is 9.36. The number of guanidine groups is 1. The Morgan fingerprint density at radius 1 is 1.21 bits per heavy atom. The van der Waals surface area contributed by atoms with Gasteiger partial charge in [-0.15, -0.1) is 10.2 Å². The molecule has 0 amide bonds. The number of nitrogens with zero attached hydrogens (tertiary/aromatic N) is 4. The third-order valence-corrected chi connectivity index (χ3v) is 3.82. The summed E-state index contributed by atoms with van der Waals surface area (Å²) in [6.07, 6.45) is -1.89. The zero-order valence-corrected chi connectivity index (χ0v) is 16.6. The molecule has 0 unspecified atom stereocenters. The van der Waals surface area contributed by atoms with Gasteiger partial charge in [-0.05, 0) is 38.5 Å². The van der Waals surface area contributed by atoms with E-state index in [-0.39, 0.29) is 12.1 Å². The minimum Gasteiger partial charge on any atom is -0.355 e. The van der Waals surface area contributed by atoms with Gasteiger partial charge < -0.3 is 15.2 Å². The minimum absolute atomic E-state index is 0.141. The fraction of sp³-hybridized carbons (Fsp3) is 0.526. The minimum atomic E-state index is -4.36. The van der Waals surface area contributed by atoms with Crippen molar-refractivity contribution in [3.05, 3.63) is 47.5 Å². The van der Waals surface area contributed by atoms with Crippen LogP contribution in [0.3, 0.4) is 0 Å². The van der Waals surface area contributed by atoms with Crippen LogP contribution in [0.25, 0.3) is 0 Å². The summed E-state index contributed by atoms with van der Waals surface area (Å²) < 4.78 is 40.6. The van der Waals surface area contributed by atoms with Crippen molar-refractivity contribution in [1.82, 2.24) is 25.4 Å². The molecule has 0 saturated carbocycles. The number of hydrogen-bond donors (Lipinski definition) is 2. The lowest BCUT2D eigenvalue weighted by molar-refractivity contribution is -0.137. The highest BCUT2D eigenvalue weighted by Gasteiger charge is 2.30. The number of aryl methyl sites for hydroxylation is 1. The summed E-state index contributed by atoms with van der Waals surface area (Å²) in [7, 11) is 0. The molecule has 0 radical (unpaired) electrons. The molecular weight excluding hydrogens is 369 g/mol. The van der Waals surface area contributed by atoms with Crippen LogP contribution in [-0.2, 0) is 25.7 Å². The topological polar surface area (TPSA) is 67.1 Å². The molecule has 28 heavy (non-hydrogen) atoms. The molecular formula is C19H27F3N6. The smallest absolute Gasteiger partial charge is 0.355 e. The number of halogens is 3. The third-order valence-electron chi connectivity index (χ3n) is 3.82. The van der Waals surface area contributed by atoms with Gasteiger partial charge >= 0.3 is 6.18 Å². The van der Waals surface area contributed by atoms with E-state index >= 15 is 0 Å². The van der Waals surface area contributed by atoms with E-state index in [1.54, 1.807) is 12.4 Å². The normalized spacial score (nSPS) is 12.9. The molecule has 0 saturated heterocycles. The summed E-state index contributed by atoms with van der Waals surface area (Å²) in [6, 6.07) is 5.22. The van der Waals surface area contributed by atoms with Gasteiger partial charge in [-0.25, -0.2) is 4.99 Å². The van der Waals surface area contributed by atoms with Crippen LogP contribution < -0.4 is 10.6 Å². The average Bonchev–Trinajstić information content (AvgIpc) is 3.05. The molecule has 2 rings (SSSR count). The third kappa shape index (κ3) is 6.86. The fourth-order valence-corrected chi connectivity index (χ4v) is 2.55. The van der Waals surface area contributed by atoms with Crippen LogP contribution in [0.5, 0.6) is 0 Å². The van der Waals surface area contributed by atoms with Crippen molar-refractivity contribution >= 4 is 5.96 Å². The first-order chi connectivity index (χ1) is 13.1. The van der Waals surface area contributed by atoms with E-state index in [1.165, 1.54) is 6.07 Å². The van der Waals surface area contributed by atoms with E-state index in [1.807, 2.05) is 32.3 Å². The number of nitrogens with one attached hydrogen (secondary N) is 2. The molecule has 1 aromatic heterocycles. The van der Waals surface area contributed by atoms with E-state index in [0.717, 1.165) is 24.4 Å². The number of rotatable bonds is 6. The molecule has 0 aliphatic carbocycles. The second-order valence-corrected chi connectivity index (χ2v) is 7.46. The van der Waals surface area contributed by atoms with Crippen LogP contribution >= 0.6 is 0 Å². The van der Waals surface area contributed by atoms with E-state index in [9.17, 15) is 13.2 Å².